The molecule has 0 aliphatic heterocycles. The van der Waals surface area contributed by atoms with Crippen LogP contribution >= 0.6 is 22.6 Å². The van der Waals surface area contributed by atoms with E-state index in [9.17, 15) is 4.79 Å². The number of hydrogen-bond donors (Lipinski definition) is 0. The van der Waals surface area contributed by atoms with Crippen molar-refractivity contribution in [3.63, 3.8) is 0 Å². The van der Waals surface area contributed by atoms with Gasteiger partial charge in [0.1, 0.15) is 6.61 Å². The summed E-state index contributed by atoms with van der Waals surface area (Å²) in [5, 5.41) is 0. The van der Waals surface area contributed by atoms with E-state index in [1.54, 1.807) is 0 Å². The molecule has 0 saturated heterocycles. The lowest BCUT2D eigenvalue weighted by atomic mass is 10.1. The van der Waals surface area contributed by atoms with Crippen molar-refractivity contribution >= 4 is 28.6 Å². The minimum Gasteiger partial charge on any atom is -0.457 e. The van der Waals surface area contributed by atoms with Crippen molar-refractivity contribution in [2.75, 3.05) is 0 Å². The summed E-state index contributed by atoms with van der Waals surface area (Å²) < 4.78 is 6.36. The van der Waals surface area contributed by atoms with Crippen LogP contribution in [0.3, 0.4) is 0 Å². The van der Waals surface area contributed by atoms with Crippen molar-refractivity contribution in [2.24, 2.45) is 0 Å². The minimum atomic E-state index is -0.255. The molecule has 19 heavy (non-hydrogen) atoms. The lowest BCUT2D eigenvalue weighted by molar-refractivity contribution is 0.0470. The first-order valence-electron chi connectivity index (χ1n) is 6.06. The summed E-state index contributed by atoms with van der Waals surface area (Å²) >= 11 is 2.20. The van der Waals surface area contributed by atoms with Crippen LogP contribution < -0.4 is 0 Å². The van der Waals surface area contributed by atoms with Gasteiger partial charge in [-0.05, 0) is 53.1 Å². The third kappa shape index (κ3) is 3.35. The second-order valence-corrected chi connectivity index (χ2v) is 5.53. The Morgan fingerprint density at radius 2 is 1.68 bits per heavy atom. The molecule has 0 amide bonds. The quantitative estimate of drug-likeness (QED) is 0.599. The van der Waals surface area contributed by atoms with E-state index in [-0.39, 0.29) is 5.97 Å². The molecule has 0 atom stereocenters. The Labute approximate surface area is 126 Å². The van der Waals surface area contributed by atoms with Crippen LogP contribution in [0.5, 0.6) is 0 Å². The Bertz CT molecular complexity index is 591. The first kappa shape index (κ1) is 14.1. The first-order valence-corrected chi connectivity index (χ1v) is 7.14. The lowest BCUT2D eigenvalue weighted by Crippen LogP contribution is -2.10. The number of aryl methyl sites for hydroxylation is 2. The van der Waals surface area contributed by atoms with Crippen LogP contribution in [0.2, 0.25) is 0 Å². The molecule has 0 spiro atoms. The van der Waals surface area contributed by atoms with Gasteiger partial charge in [0.2, 0.25) is 0 Å². The van der Waals surface area contributed by atoms with Gasteiger partial charge in [0.15, 0.2) is 0 Å². The van der Waals surface area contributed by atoms with Gasteiger partial charge in [-0.1, -0.05) is 42.5 Å². The van der Waals surface area contributed by atoms with Crippen LogP contribution in [0, 0.1) is 17.4 Å². The minimum absolute atomic E-state index is 0.255. The van der Waals surface area contributed by atoms with E-state index < -0.39 is 0 Å². The van der Waals surface area contributed by atoms with Crippen molar-refractivity contribution in [1.29, 1.82) is 0 Å². The molecule has 0 unspecified atom stereocenters. The molecule has 98 valence electrons. The maximum absolute atomic E-state index is 12.2. The monoisotopic (exact) mass is 366 g/mol. The SMILES string of the molecule is Cc1ccc(C)c(C(=O)OCc2ccccc2)c1I. The maximum atomic E-state index is 12.2. The largest absolute Gasteiger partial charge is 0.457 e. The maximum Gasteiger partial charge on any atom is 0.339 e. The second-order valence-electron chi connectivity index (χ2n) is 4.45. The van der Waals surface area contributed by atoms with Gasteiger partial charge < -0.3 is 4.74 Å². The van der Waals surface area contributed by atoms with Gasteiger partial charge in [-0.15, -0.1) is 0 Å². The van der Waals surface area contributed by atoms with Gasteiger partial charge in [-0.2, -0.15) is 0 Å². The van der Waals surface area contributed by atoms with Crippen LogP contribution in [0.1, 0.15) is 27.0 Å². The molecule has 0 heterocycles. The molecule has 0 saturated carbocycles. The summed E-state index contributed by atoms with van der Waals surface area (Å²) in [7, 11) is 0. The Hall–Kier alpha value is -1.36. The third-order valence-corrected chi connectivity index (χ3v) is 4.35. The molecular weight excluding hydrogens is 351 g/mol. The van der Waals surface area contributed by atoms with Crippen molar-refractivity contribution in [2.45, 2.75) is 20.5 Å². The van der Waals surface area contributed by atoms with E-state index in [0.717, 1.165) is 20.3 Å². The van der Waals surface area contributed by atoms with Crippen LogP contribution in [0.15, 0.2) is 42.5 Å². The average molecular weight is 366 g/mol. The van der Waals surface area contributed by atoms with E-state index >= 15 is 0 Å². The predicted molar refractivity (Wildman–Crippen MR) is 84.2 cm³/mol. The fraction of sp³-hybridized carbons (Fsp3) is 0.188. The van der Waals surface area contributed by atoms with Gasteiger partial charge >= 0.3 is 5.97 Å². The number of esters is 1. The molecule has 2 aromatic carbocycles. The Kier molecular flexibility index (Phi) is 4.58. The van der Waals surface area contributed by atoms with Crippen molar-refractivity contribution in [1.82, 2.24) is 0 Å². The van der Waals surface area contributed by atoms with Crippen LogP contribution in [0.25, 0.3) is 0 Å². The van der Waals surface area contributed by atoms with Crippen molar-refractivity contribution in [3.05, 3.63) is 68.3 Å². The highest BCUT2D eigenvalue weighted by molar-refractivity contribution is 14.1. The number of ether oxygens (including phenoxy) is 1. The number of carbonyl (C=O) groups is 1. The molecule has 0 radical (unpaired) electrons. The predicted octanol–water partition coefficient (Wildman–Crippen LogP) is 4.27. The Morgan fingerprint density at radius 1 is 1.05 bits per heavy atom. The van der Waals surface area contributed by atoms with Gasteiger partial charge in [-0.25, -0.2) is 4.79 Å². The molecule has 2 nitrogen and oxygen atoms in total. The summed E-state index contributed by atoms with van der Waals surface area (Å²) in [6, 6.07) is 13.7. The number of benzene rings is 2. The Morgan fingerprint density at radius 3 is 2.37 bits per heavy atom. The zero-order chi connectivity index (χ0) is 13.8. The van der Waals surface area contributed by atoms with Crippen LogP contribution in [-0.2, 0) is 11.3 Å². The molecule has 0 bridgehead atoms. The number of carbonyl (C=O) groups excluding carboxylic acids is 1. The Balaban J connectivity index is 2.15. The van der Waals surface area contributed by atoms with Crippen LogP contribution in [0.4, 0.5) is 0 Å². The summed E-state index contributed by atoms with van der Waals surface area (Å²) in [6.07, 6.45) is 0. The van der Waals surface area contributed by atoms with Gasteiger partial charge in [0.25, 0.3) is 0 Å². The summed E-state index contributed by atoms with van der Waals surface area (Å²) in [5.74, 6) is -0.255. The van der Waals surface area contributed by atoms with Gasteiger partial charge in [0.05, 0.1) is 5.56 Å². The average Bonchev–Trinajstić information content (AvgIpc) is 2.42. The normalized spacial score (nSPS) is 10.3. The van der Waals surface area contributed by atoms with E-state index in [2.05, 4.69) is 22.6 Å². The molecule has 0 N–H and O–H groups in total. The number of rotatable bonds is 3. The zero-order valence-electron chi connectivity index (χ0n) is 10.9. The topological polar surface area (TPSA) is 26.3 Å². The molecule has 2 rings (SSSR count). The van der Waals surface area contributed by atoms with Crippen molar-refractivity contribution < 1.29 is 9.53 Å². The zero-order valence-corrected chi connectivity index (χ0v) is 13.1. The third-order valence-electron chi connectivity index (χ3n) is 2.96. The molecule has 0 aliphatic rings. The molecular formula is C16H15IO2. The van der Waals surface area contributed by atoms with E-state index in [4.69, 9.17) is 4.74 Å². The fourth-order valence-electron chi connectivity index (χ4n) is 1.82. The molecule has 0 fully saturated rings. The molecule has 3 heteroatoms. The first-order chi connectivity index (χ1) is 9.09. The molecule has 2 aromatic rings. The lowest BCUT2D eigenvalue weighted by Gasteiger charge is -2.11. The summed E-state index contributed by atoms with van der Waals surface area (Å²) in [5.41, 5.74) is 3.72. The van der Waals surface area contributed by atoms with Crippen LogP contribution in [-0.4, -0.2) is 5.97 Å². The highest BCUT2D eigenvalue weighted by Crippen LogP contribution is 2.21. The van der Waals surface area contributed by atoms with E-state index in [0.29, 0.717) is 12.2 Å². The highest BCUT2D eigenvalue weighted by Gasteiger charge is 2.16. The van der Waals surface area contributed by atoms with Gasteiger partial charge in [0, 0.05) is 3.57 Å². The smallest absolute Gasteiger partial charge is 0.339 e. The summed E-state index contributed by atoms with van der Waals surface area (Å²) in [4.78, 5) is 12.2. The second kappa shape index (κ2) is 6.19. The van der Waals surface area contributed by atoms with E-state index in [1.165, 1.54) is 0 Å². The van der Waals surface area contributed by atoms with Gasteiger partial charge in [-0.3, -0.25) is 0 Å². The van der Waals surface area contributed by atoms with Crippen molar-refractivity contribution in [3.8, 4) is 0 Å². The standard InChI is InChI=1S/C16H15IO2/c1-11-8-9-12(2)15(17)14(11)16(18)19-10-13-6-4-3-5-7-13/h3-9H,10H2,1-2H3. The number of hydrogen-bond acceptors (Lipinski definition) is 2. The molecule has 0 aliphatic carbocycles. The number of halogens is 1. The fourth-order valence-corrected chi connectivity index (χ4v) is 2.65. The molecule has 0 aromatic heterocycles. The summed E-state index contributed by atoms with van der Waals surface area (Å²) in [6.45, 7) is 4.24. The highest BCUT2D eigenvalue weighted by atomic mass is 127. The van der Waals surface area contributed by atoms with E-state index in [1.807, 2.05) is 56.3 Å².